The van der Waals surface area contributed by atoms with E-state index in [1.165, 1.54) is 37.5 Å². The number of hydrogen-bond acceptors (Lipinski definition) is 2. The number of benzene rings is 6. The van der Waals surface area contributed by atoms with E-state index in [9.17, 15) is 0 Å². The molecule has 0 bridgehead atoms. The minimum atomic E-state index is -2.49. The fourth-order valence-electron chi connectivity index (χ4n) is 6.12. The van der Waals surface area contributed by atoms with Gasteiger partial charge in [0.1, 0.15) is 5.65 Å². The molecule has 2 nitrogen and oxygen atoms in total. The lowest BCUT2D eigenvalue weighted by atomic mass is 10.0. The summed E-state index contributed by atoms with van der Waals surface area (Å²) >= 11 is 6.99. The smallest absolute Gasteiger partial charge is 0.146 e. The summed E-state index contributed by atoms with van der Waals surface area (Å²) < 4.78 is 2.32. The van der Waals surface area contributed by atoms with Crippen LogP contribution in [0.5, 0.6) is 0 Å². The highest BCUT2D eigenvalue weighted by Gasteiger charge is 2.30. The molecule has 0 radical (unpaired) electrons. The van der Waals surface area contributed by atoms with Crippen molar-refractivity contribution in [3.05, 3.63) is 140 Å². The molecule has 0 unspecified atom stereocenters. The third kappa shape index (κ3) is 3.21. The van der Waals surface area contributed by atoms with Gasteiger partial charge in [-0.25, -0.2) is 4.98 Å². The Morgan fingerprint density at radius 2 is 1.10 bits per heavy atom. The lowest BCUT2D eigenvalue weighted by Crippen LogP contribution is -2.26. The molecule has 2 aromatic heterocycles. The van der Waals surface area contributed by atoms with Crippen LogP contribution >= 0.6 is 6.04 Å². The lowest BCUT2D eigenvalue weighted by Gasteiger charge is -2.28. The van der Waals surface area contributed by atoms with E-state index >= 15 is 0 Å². The molecule has 0 N–H and O–H groups in total. The largest absolute Gasteiger partial charge is 0.292 e. The number of hydrogen-bond donors (Lipinski definition) is 0. The number of fused-ring (bicyclic) bond motifs is 9. The molecule has 0 fully saturated rings. The maximum Gasteiger partial charge on any atom is 0.146 e. The third-order valence-corrected chi connectivity index (χ3v) is 12.8. The Morgan fingerprint density at radius 1 is 0.538 bits per heavy atom. The molecule has 0 spiro atoms. The second-order valence-electron chi connectivity index (χ2n) is 9.93. The van der Waals surface area contributed by atoms with Gasteiger partial charge in [0.05, 0.1) is 16.6 Å². The number of para-hydroxylation sites is 3. The highest BCUT2D eigenvalue weighted by molar-refractivity contribution is 8.25. The molecule has 8 rings (SSSR count). The molecule has 2 heterocycles. The number of nitrogens with zero attached hydrogens (tertiary/aromatic N) is 2. The minimum absolute atomic E-state index is 0.972. The quantitative estimate of drug-likeness (QED) is 0.131. The van der Waals surface area contributed by atoms with Crippen molar-refractivity contribution in [2.24, 2.45) is 0 Å². The van der Waals surface area contributed by atoms with Crippen molar-refractivity contribution >= 4 is 82.9 Å². The first-order valence-corrected chi connectivity index (χ1v) is 15.9. The van der Waals surface area contributed by atoms with Crippen molar-refractivity contribution < 1.29 is 0 Å². The van der Waals surface area contributed by atoms with Crippen LogP contribution in [0, 0.1) is 0 Å². The molecule has 8 aromatic rings. The van der Waals surface area contributed by atoms with Crippen molar-refractivity contribution in [3.63, 3.8) is 0 Å². The fraction of sp³-hybridized carbons (Fsp3) is 0. The molecule has 0 atom stereocenters. The Balaban J connectivity index is 1.70. The van der Waals surface area contributed by atoms with Crippen LogP contribution in [0.4, 0.5) is 0 Å². The van der Waals surface area contributed by atoms with Crippen LogP contribution in [0.1, 0.15) is 0 Å². The van der Waals surface area contributed by atoms with Gasteiger partial charge in [-0.05, 0) is 45.6 Å². The first-order chi connectivity index (χ1) is 19.2. The van der Waals surface area contributed by atoms with E-state index in [2.05, 4.69) is 144 Å². The highest BCUT2D eigenvalue weighted by atomic mass is 32.4. The average molecular weight is 535 g/mol. The monoisotopic (exact) mass is 534 g/mol. The SMILES string of the molecule is S=P(c1ccccc1)(c1ccccc1)c1c2ccccc2cc2c1c1ccccc1n1c3ccccc3nc21. The third-order valence-electron chi connectivity index (χ3n) is 7.79. The average Bonchev–Trinajstić information content (AvgIpc) is 3.41. The van der Waals surface area contributed by atoms with Gasteiger partial charge >= 0.3 is 0 Å². The number of pyridine rings is 1. The topological polar surface area (TPSA) is 17.3 Å². The van der Waals surface area contributed by atoms with Crippen molar-refractivity contribution in [1.82, 2.24) is 9.38 Å². The Hall–Kier alpha value is -4.30. The van der Waals surface area contributed by atoms with Crippen LogP contribution in [-0.2, 0) is 11.8 Å². The van der Waals surface area contributed by atoms with Gasteiger partial charge < -0.3 is 0 Å². The molecule has 0 saturated heterocycles. The first kappa shape index (κ1) is 22.7. The van der Waals surface area contributed by atoms with Crippen LogP contribution in [0.15, 0.2) is 140 Å². The molecular weight excluding hydrogens is 511 g/mol. The van der Waals surface area contributed by atoms with E-state index in [1.807, 2.05) is 0 Å². The van der Waals surface area contributed by atoms with Crippen molar-refractivity contribution in [3.8, 4) is 0 Å². The van der Waals surface area contributed by atoms with Gasteiger partial charge in [0.2, 0.25) is 0 Å². The Labute approximate surface area is 231 Å². The second-order valence-corrected chi connectivity index (χ2v) is 14.3. The predicted octanol–water partition coefficient (Wildman–Crippen LogP) is 7.70. The maximum atomic E-state index is 6.99. The zero-order valence-corrected chi connectivity index (χ0v) is 22.7. The van der Waals surface area contributed by atoms with Crippen LogP contribution in [0.25, 0.3) is 49.1 Å². The molecule has 184 valence electrons. The summed E-state index contributed by atoms with van der Waals surface area (Å²) in [5.41, 5.74) is 4.23. The van der Waals surface area contributed by atoms with Gasteiger partial charge in [0.25, 0.3) is 0 Å². The van der Waals surface area contributed by atoms with Gasteiger partial charge in [0.15, 0.2) is 0 Å². The summed E-state index contributed by atoms with van der Waals surface area (Å²) in [6, 6.07) is 47.1. The van der Waals surface area contributed by atoms with Crippen LogP contribution in [0.3, 0.4) is 0 Å². The molecule has 39 heavy (non-hydrogen) atoms. The Kier molecular flexibility index (Phi) is 5.00. The normalized spacial score (nSPS) is 12.2. The van der Waals surface area contributed by atoms with E-state index < -0.39 is 6.04 Å². The summed E-state index contributed by atoms with van der Waals surface area (Å²) in [5, 5.41) is 9.58. The van der Waals surface area contributed by atoms with Crippen molar-refractivity contribution in [2.45, 2.75) is 0 Å². The summed E-state index contributed by atoms with van der Waals surface area (Å²) in [5.74, 6) is 0. The van der Waals surface area contributed by atoms with Crippen molar-refractivity contribution in [2.75, 3.05) is 0 Å². The van der Waals surface area contributed by atoms with Crippen LogP contribution in [-0.4, -0.2) is 9.38 Å². The van der Waals surface area contributed by atoms with Gasteiger partial charge in [-0.2, -0.15) is 0 Å². The zero-order valence-electron chi connectivity index (χ0n) is 21.0. The van der Waals surface area contributed by atoms with Crippen LogP contribution in [0.2, 0.25) is 0 Å². The molecule has 0 aliphatic heterocycles. The van der Waals surface area contributed by atoms with E-state index in [0.29, 0.717) is 0 Å². The number of rotatable bonds is 3. The summed E-state index contributed by atoms with van der Waals surface area (Å²) in [7, 11) is 0. The van der Waals surface area contributed by atoms with Gasteiger partial charge in [-0.1, -0.05) is 127 Å². The van der Waals surface area contributed by atoms with Gasteiger partial charge in [-0.15, -0.1) is 0 Å². The van der Waals surface area contributed by atoms with Gasteiger partial charge in [-0.3, -0.25) is 4.40 Å². The minimum Gasteiger partial charge on any atom is -0.292 e. The molecule has 0 aliphatic carbocycles. The molecule has 0 saturated carbocycles. The van der Waals surface area contributed by atoms with E-state index in [0.717, 1.165) is 27.6 Å². The number of aromatic nitrogens is 2. The standard InChI is InChI=1S/C35H23N2PS/c39-38(25-14-3-1-4-15-25,26-16-5-2-6-17-26)34-27-18-8-7-13-24(27)23-29-33(34)28-19-9-11-21-31(28)37-32-22-12-10-20-30(32)36-35(29)37/h1-23H. The Morgan fingerprint density at radius 3 is 1.82 bits per heavy atom. The molecule has 0 aliphatic rings. The first-order valence-electron chi connectivity index (χ1n) is 13.1. The van der Waals surface area contributed by atoms with Crippen LogP contribution < -0.4 is 15.9 Å². The molecule has 4 heteroatoms. The molecule has 6 aromatic carbocycles. The number of imidazole rings is 1. The van der Waals surface area contributed by atoms with Crippen molar-refractivity contribution in [1.29, 1.82) is 0 Å². The Bertz CT molecular complexity index is 2210. The maximum absolute atomic E-state index is 6.99. The predicted molar refractivity (Wildman–Crippen MR) is 171 cm³/mol. The fourth-order valence-corrected chi connectivity index (χ4v) is 10.5. The summed E-state index contributed by atoms with van der Waals surface area (Å²) in [6.45, 7) is 0. The van der Waals surface area contributed by atoms with E-state index in [-0.39, 0.29) is 0 Å². The molecular formula is C35H23N2PS. The zero-order chi connectivity index (χ0) is 26.0. The molecule has 0 amide bonds. The van der Waals surface area contributed by atoms with E-state index in [1.54, 1.807) is 0 Å². The van der Waals surface area contributed by atoms with Gasteiger partial charge in [0, 0.05) is 27.5 Å². The lowest BCUT2D eigenvalue weighted by molar-refractivity contribution is 1.32. The second kappa shape index (κ2) is 8.61. The van der Waals surface area contributed by atoms with E-state index in [4.69, 9.17) is 16.8 Å². The highest BCUT2D eigenvalue weighted by Crippen LogP contribution is 2.49. The summed E-state index contributed by atoms with van der Waals surface area (Å²) in [6.07, 6.45) is 0. The summed E-state index contributed by atoms with van der Waals surface area (Å²) in [4.78, 5) is 5.21.